The Kier molecular flexibility index (Phi) is 10.0. The second-order valence-corrected chi connectivity index (χ2v) is 6.66. The SMILES string of the molecule is CCC(C)[C@H](NCC(N)CS)C(=O)N[C@H](CO)Cc1ccccc1. The number of aliphatic hydroxyl groups excluding tert-OH is 1. The summed E-state index contributed by atoms with van der Waals surface area (Å²) in [6.45, 7) is 4.53. The highest BCUT2D eigenvalue weighted by Crippen LogP contribution is 2.09. The second-order valence-electron chi connectivity index (χ2n) is 6.29. The van der Waals surface area contributed by atoms with Crippen molar-refractivity contribution in [2.24, 2.45) is 11.7 Å². The summed E-state index contributed by atoms with van der Waals surface area (Å²) in [5, 5.41) is 15.8. The van der Waals surface area contributed by atoms with Crippen molar-refractivity contribution >= 4 is 18.5 Å². The van der Waals surface area contributed by atoms with Gasteiger partial charge < -0.3 is 21.5 Å². The van der Waals surface area contributed by atoms with E-state index in [0.29, 0.717) is 18.7 Å². The van der Waals surface area contributed by atoms with Crippen LogP contribution in [0.2, 0.25) is 0 Å². The molecule has 0 radical (unpaired) electrons. The van der Waals surface area contributed by atoms with Crippen molar-refractivity contribution in [2.45, 2.75) is 44.8 Å². The summed E-state index contributed by atoms with van der Waals surface area (Å²) in [6.07, 6.45) is 1.48. The van der Waals surface area contributed by atoms with E-state index in [4.69, 9.17) is 5.73 Å². The highest BCUT2D eigenvalue weighted by Gasteiger charge is 2.25. The molecule has 5 N–H and O–H groups in total. The van der Waals surface area contributed by atoms with Crippen LogP contribution in [-0.4, -0.2) is 48.0 Å². The smallest absolute Gasteiger partial charge is 0.237 e. The number of nitrogens with two attached hydrogens (primary N) is 1. The molecule has 0 bridgehead atoms. The molecule has 1 aromatic carbocycles. The van der Waals surface area contributed by atoms with Gasteiger partial charge in [0, 0.05) is 18.3 Å². The van der Waals surface area contributed by atoms with E-state index in [-0.39, 0.29) is 36.6 Å². The zero-order valence-electron chi connectivity index (χ0n) is 14.6. The molecular formula is C18H31N3O2S. The topological polar surface area (TPSA) is 87.4 Å². The van der Waals surface area contributed by atoms with Gasteiger partial charge >= 0.3 is 0 Å². The average molecular weight is 354 g/mol. The van der Waals surface area contributed by atoms with Crippen LogP contribution in [0.5, 0.6) is 0 Å². The summed E-state index contributed by atoms with van der Waals surface area (Å²) < 4.78 is 0. The predicted molar refractivity (Wildman–Crippen MR) is 102 cm³/mol. The van der Waals surface area contributed by atoms with Gasteiger partial charge in [-0.15, -0.1) is 0 Å². The van der Waals surface area contributed by atoms with Crippen LogP contribution in [-0.2, 0) is 11.2 Å². The molecule has 136 valence electrons. The fraction of sp³-hybridized carbons (Fsp3) is 0.611. The van der Waals surface area contributed by atoms with Crippen molar-refractivity contribution in [2.75, 3.05) is 18.9 Å². The van der Waals surface area contributed by atoms with Crippen LogP contribution in [0.25, 0.3) is 0 Å². The fourth-order valence-corrected chi connectivity index (χ4v) is 2.61. The molecule has 0 spiro atoms. The number of nitrogens with one attached hydrogen (secondary N) is 2. The molecule has 0 saturated carbocycles. The lowest BCUT2D eigenvalue weighted by atomic mass is 9.97. The Balaban J connectivity index is 2.66. The fourth-order valence-electron chi connectivity index (χ4n) is 2.48. The molecule has 5 nitrogen and oxygen atoms in total. The summed E-state index contributed by atoms with van der Waals surface area (Å²) in [7, 11) is 0. The summed E-state index contributed by atoms with van der Waals surface area (Å²) in [6, 6.07) is 9.12. The first-order chi connectivity index (χ1) is 11.5. The normalized spacial score (nSPS) is 16.2. The first kappa shape index (κ1) is 21.0. The van der Waals surface area contributed by atoms with Gasteiger partial charge in [-0.1, -0.05) is 50.6 Å². The number of carbonyl (C=O) groups is 1. The Morgan fingerprint density at radius 2 is 2.00 bits per heavy atom. The quantitative estimate of drug-likeness (QED) is 0.384. The zero-order chi connectivity index (χ0) is 17.9. The minimum Gasteiger partial charge on any atom is -0.394 e. The van der Waals surface area contributed by atoms with E-state index < -0.39 is 0 Å². The molecule has 6 heteroatoms. The Morgan fingerprint density at radius 1 is 1.33 bits per heavy atom. The number of carbonyl (C=O) groups excluding carboxylic acids is 1. The standard InChI is InChI=1S/C18H31N3O2S/c1-3-13(2)17(20-10-15(19)12-24)18(23)21-16(11-22)9-14-7-5-4-6-8-14/h4-8,13,15-17,20,22,24H,3,9-12,19H2,1-2H3,(H,21,23)/t13?,15?,16-,17-/m0/s1. The average Bonchev–Trinajstić information content (AvgIpc) is 2.61. The van der Waals surface area contributed by atoms with Gasteiger partial charge in [-0.3, -0.25) is 4.79 Å². The molecule has 4 atom stereocenters. The number of benzene rings is 1. The lowest BCUT2D eigenvalue weighted by Crippen LogP contribution is -2.54. The molecule has 0 saturated heterocycles. The van der Waals surface area contributed by atoms with Gasteiger partial charge in [-0.2, -0.15) is 12.6 Å². The number of amides is 1. The van der Waals surface area contributed by atoms with Crippen LogP contribution >= 0.6 is 12.6 Å². The number of hydrogen-bond donors (Lipinski definition) is 5. The van der Waals surface area contributed by atoms with E-state index in [2.05, 4.69) is 30.2 Å². The van der Waals surface area contributed by atoms with E-state index in [1.54, 1.807) is 0 Å². The molecule has 0 aliphatic rings. The summed E-state index contributed by atoms with van der Waals surface area (Å²) >= 11 is 4.17. The zero-order valence-corrected chi connectivity index (χ0v) is 15.5. The largest absolute Gasteiger partial charge is 0.394 e. The lowest BCUT2D eigenvalue weighted by molar-refractivity contribution is -0.125. The van der Waals surface area contributed by atoms with Gasteiger partial charge in [0.25, 0.3) is 0 Å². The molecule has 0 aromatic heterocycles. The van der Waals surface area contributed by atoms with Gasteiger partial charge in [-0.25, -0.2) is 0 Å². The van der Waals surface area contributed by atoms with Crippen molar-refractivity contribution in [3.05, 3.63) is 35.9 Å². The van der Waals surface area contributed by atoms with Crippen LogP contribution < -0.4 is 16.4 Å². The van der Waals surface area contributed by atoms with Gasteiger partial charge in [0.15, 0.2) is 0 Å². The summed E-state index contributed by atoms with van der Waals surface area (Å²) in [5.41, 5.74) is 6.97. The molecule has 0 aliphatic carbocycles. The summed E-state index contributed by atoms with van der Waals surface area (Å²) in [5.74, 6) is 0.647. The molecule has 2 unspecified atom stereocenters. The Labute approximate surface area is 150 Å². The Morgan fingerprint density at radius 3 is 2.54 bits per heavy atom. The minimum absolute atomic E-state index is 0.0919. The monoisotopic (exact) mass is 353 g/mol. The highest BCUT2D eigenvalue weighted by molar-refractivity contribution is 7.80. The Hall–Kier alpha value is -1.08. The number of thiol groups is 1. The second kappa shape index (κ2) is 11.5. The van der Waals surface area contributed by atoms with Crippen LogP contribution in [0, 0.1) is 5.92 Å². The van der Waals surface area contributed by atoms with Gasteiger partial charge in [0.2, 0.25) is 5.91 Å². The Bertz CT molecular complexity index is 473. The first-order valence-corrected chi connectivity index (χ1v) is 9.20. The van der Waals surface area contributed by atoms with Gasteiger partial charge in [0.05, 0.1) is 18.7 Å². The maximum absolute atomic E-state index is 12.7. The molecule has 1 rings (SSSR count). The van der Waals surface area contributed by atoms with Crippen molar-refractivity contribution in [1.29, 1.82) is 0 Å². The van der Waals surface area contributed by atoms with Crippen LogP contribution in [0.4, 0.5) is 0 Å². The maximum atomic E-state index is 12.7. The van der Waals surface area contributed by atoms with E-state index >= 15 is 0 Å². The maximum Gasteiger partial charge on any atom is 0.237 e. The number of hydrogen-bond acceptors (Lipinski definition) is 5. The van der Waals surface area contributed by atoms with Crippen molar-refractivity contribution in [1.82, 2.24) is 10.6 Å². The van der Waals surface area contributed by atoms with Crippen LogP contribution in [0.1, 0.15) is 25.8 Å². The van der Waals surface area contributed by atoms with Gasteiger partial charge in [-0.05, 0) is 17.9 Å². The van der Waals surface area contributed by atoms with Crippen LogP contribution in [0.15, 0.2) is 30.3 Å². The molecule has 24 heavy (non-hydrogen) atoms. The third-order valence-electron chi connectivity index (χ3n) is 4.22. The number of aliphatic hydroxyl groups is 1. The first-order valence-electron chi connectivity index (χ1n) is 8.56. The van der Waals surface area contributed by atoms with Crippen molar-refractivity contribution in [3.63, 3.8) is 0 Å². The molecule has 0 aliphatic heterocycles. The molecule has 0 heterocycles. The minimum atomic E-state index is -0.328. The lowest BCUT2D eigenvalue weighted by Gasteiger charge is -2.27. The highest BCUT2D eigenvalue weighted by atomic mass is 32.1. The van der Waals surface area contributed by atoms with Crippen molar-refractivity contribution in [3.8, 4) is 0 Å². The van der Waals surface area contributed by atoms with E-state index in [1.165, 1.54) is 0 Å². The van der Waals surface area contributed by atoms with Crippen molar-refractivity contribution < 1.29 is 9.90 Å². The molecular weight excluding hydrogens is 322 g/mol. The van der Waals surface area contributed by atoms with E-state index in [9.17, 15) is 9.90 Å². The molecule has 1 aromatic rings. The third kappa shape index (κ3) is 7.21. The van der Waals surface area contributed by atoms with Gasteiger partial charge in [0.1, 0.15) is 0 Å². The molecule has 0 fully saturated rings. The van der Waals surface area contributed by atoms with Crippen LogP contribution in [0.3, 0.4) is 0 Å². The van der Waals surface area contributed by atoms with E-state index in [0.717, 1.165) is 12.0 Å². The third-order valence-corrected chi connectivity index (χ3v) is 4.69. The van der Waals surface area contributed by atoms with E-state index in [1.807, 2.05) is 37.3 Å². The predicted octanol–water partition coefficient (Wildman–Crippen LogP) is 0.968. The molecule has 1 amide bonds. The summed E-state index contributed by atoms with van der Waals surface area (Å²) in [4.78, 5) is 12.7. The number of rotatable bonds is 11.